The largest absolute Gasteiger partial charge is 0.396 e. The Morgan fingerprint density at radius 3 is 2.26 bits per heavy atom. The van der Waals surface area contributed by atoms with Crippen molar-refractivity contribution < 1.29 is 13.5 Å². The molecule has 0 saturated carbocycles. The second-order valence-electron chi connectivity index (χ2n) is 5.02. The maximum atomic E-state index is 12.0. The molecule has 0 aliphatic carbocycles. The van der Waals surface area contributed by atoms with Crippen LogP contribution < -0.4 is 4.72 Å². The second kappa shape index (κ2) is 7.03. The monoisotopic (exact) mass is 285 g/mol. The summed E-state index contributed by atoms with van der Waals surface area (Å²) in [4.78, 5) is 0.268. The molecule has 0 bridgehead atoms. The van der Waals surface area contributed by atoms with Crippen LogP contribution in [0.1, 0.15) is 38.7 Å². The Kier molecular flexibility index (Phi) is 5.97. The lowest BCUT2D eigenvalue weighted by Gasteiger charge is -2.12. The van der Waals surface area contributed by atoms with Crippen LogP contribution in [0.2, 0.25) is 0 Å². The van der Waals surface area contributed by atoms with Crippen LogP contribution in [0.25, 0.3) is 0 Å². The van der Waals surface area contributed by atoms with Crippen molar-refractivity contribution in [2.24, 2.45) is 5.92 Å². The maximum Gasteiger partial charge on any atom is 0.240 e. The lowest BCUT2D eigenvalue weighted by molar-refractivity contribution is 0.238. The molecule has 0 saturated heterocycles. The van der Waals surface area contributed by atoms with Crippen molar-refractivity contribution in [2.45, 2.75) is 38.0 Å². The number of hydrogen-bond donors (Lipinski definition) is 2. The zero-order valence-corrected chi connectivity index (χ0v) is 12.6. The predicted molar refractivity (Wildman–Crippen MR) is 76.6 cm³/mol. The minimum Gasteiger partial charge on any atom is -0.396 e. The van der Waals surface area contributed by atoms with Crippen molar-refractivity contribution in [3.63, 3.8) is 0 Å². The summed E-state index contributed by atoms with van der Waals surface area (Å²) in [5.41, 5.74) is 1.14. The quantitative estimate of drug-likeness (QED) is 0.806. The molecular formula is C14H23NO3S. The zero-order chi connectivity index (χ0) is 14.5. The number of aliphatic hydroxyl groups excluding tert-OH is 1. The average Bonchev–Trinajstić information content (AvgIpc) is 2.44. The summed E-state index contributed by atoms with van der Waals surface area (Å²) >= 11 is 0. The SMILES string of the molecule is CCC(C)c1ccc(S(=O)(=O)NCC(C)CO)cc1. The summed E-state index contributed by atoms with van der Waals surface area (Å²) in [5.74, 6) is 0.341. The van der Waals surface area contributed by atoms with E-state index in [1.54, 1.807) is 19.1 Å². The molecule has 0 aliphatic rings. The summed E-state index contributed by atoms with van der Waals surface area (Å²) in [5, 5.41) is 8.89. The number of rotatable bonds is 7. The van der Waals surface area contributed by atoms with Gasteiger partial charge in [-0.3, -0.25) is 0 Å². The Balaban J connectivity index is 2.79. The fourth-order valence-electron chi connectivity index (χ4n) is 1.61. The van der Waals surface area contributed by atoms with Crippen LogP contribution in [0, 0.1) is 5.92 Å². The van der Waals surface area contributed by atoms with Gasteiger partial charge < -0.3 is 5.11 Å². The standard InChI is InChI=1S/C14H23NO3S/c1-4-12(3)13-5-7-14(8-6-13)19(17,18)15-9-11(2)10-16/h5-8,11-12,15-16H,4,9-10H2,1-3H3. The number of sulfonamides is 1. The predicted octanol–water partition coefficient (Wildman–Crippen LogP) is 2.11. The molecule has 0 heterocycles. The third-order valence-electron chi connectivity index (χ3n) is 3.31. The number of aliphatic hydroxyl groups is 1. The third-order valence-corrected chi connectivity index (χ3v) is 4.74. The summed E-state index contributed by atoms with van der Waals surface area (Å²) in [6.45, 7) is 6.22. The van der Waals surface area contributed by atoms with Crippen LogP contribution in [-0.4, -0.2) is 26.7 Å². The molecule has 0 spiro atoms. The van der Waals surface area contributed by atoms with Crippen molar-refractivity contribution >= 4 is 10.0 Å². The van der Waals surface area contributed by atoms with Crippen LogP contribution in [-0.2, 0) is 10.0 Å². The Morgan fingerprint density at radius 2 is 1.79 bits per heavy atom. The molecule has 19 heavy (non-hydrogen) atoms. The molecule has 0 fully saturated rings. The van der Waals surface area contributed by atoms with Gasteiger partial charge in [0.1, 0.15) is 0 Å². The Hall–Kier alpha value is -0.910. The maximum absolute atomic E-state index is 12.0. The van der Waals surface area contributed by atoms with E-state index in [0.717, 1.165) is 12.0 Å². The third kappa shape index (κ3) is 4.60. The normalized spacial score (nSPS) is 15.2. The molecule has 2 unspecified atom stereocenters. The topological polar surface area (TPSA) is 66.4 Å². The smallest absolute Gasteiger partial charge is 0.240 e. The van der Waals surface area contributed by atoms with Gasteiger partial charge in [0.15, 0.2) is 0 Å². The molecule has 5 heteroatoms. The van der Waals surface area contributed by atoms with Gasteiger partial charge in [-0.1, -0.05) is 32.9 Å². The van der Waals surface area contributed by atoms with Crippen LogP contribution in [0.15, 0.2) is 29.2 Å². The van der Waals surface area contributed by atoms with Crippen molar-refractivity contribution in [2.75, 3.05) is 13.2 Å². The minimum absolute atomic E-state index is 0.0323. The fraction of sp³-hybridized carbons (Fsp3) is 0.571. The first-order valence-corrected chi connectivity index (χ1v) is 8.09. The van der Waals surface area contributed by atoms with Gasteiger partial charge in [-0.2, -0.15) is 0 Å². The van der Waals surface area contributed by atoms with E-state index in [2.05, 4.69) is 18.6 Å². The zero-order valence-electron chi connectivity index (χ0n) is 11.8. The Bertz CT molecular complexity index is 482. The highest BCUT2D eigenvalue weighted by molar-refractivity contribution is 7.89. The number of nitrogens with one attached hydrogen (secondary N) is 1. The van der Waals surface area contributed by atoms with Gasteiger partial charge in [-0.15, -0.1) is 0 Å². The van der Waals surface area contributed by atoms with Crippen LogP contribution in [0.5, 0.6) is 0 Å². The first-order valence-electron chi connectivity index (χ1n) is 6.61. The van der Waals surface area contributed by atoms with Gasteiger partial charge in [0, 0.05) is 13.2 Å². The summed E-state index contributed by atoms with van der Waals surface area (Å²) in [6, 6.07) is 6.98. The van der Waals surface area contributed by atoms with E-state index >= 15 is 0 Å². The first-order chi connectivity index (χ1) is 8.90. The van der Waals surface area contributed by atoms with E-state index < -0.39 is 10.0 Å². The van der Waals surface area contributed by atoms with Gasteiger partial charge >= 0.3 is 0 Å². The Labute approximate surface area is 115 Å². The van der Waals surface area contributed by atoms with Gasteiger partial charge in [-0.25, -0.2) is 13.1 Å². The Morgan fingerprint density at radius 1 is 1.21 bits per heavy atom. The molecule has 1 aromatic carbocycles. The van der Waals surface area contributed by atoms with E-state index in [-0.39, 0.29) is 24.0 Å². The molecule has 0 radical (unpaired) electrons. The fourth-order valence-corrected chi connectivity index (χ4v) is 2.78. The van der Waals surface area contributed by atoms with E-state index in [9.17, 15) is 8.42 Å². The van der Waals surface area contributed by atoms with E-state index in [0.29, 0.717) is 5.92 Å². The molecule has 1 aromatic rings. The molecule has 0 amide bonds. The molecule has 0 aromatic heterocycles. The van der Waals surface area contributed by atoms with Crippen LogP contribution in [0.4, 0.5) is 0 Å². The first kappa shape index (κ1) is 16.1. The highest BCUT2D eigenvalue weighted by Crippen LogP contribution is 2.20. The summed E-state index contributed by atoms with van der Waals surface area (Å²) < 4.78 is 26.5. The molecular weight excluding hydrogens is 262 g/mol. The molecule has 4 nitrogen and oxygen atoms in total. The van der Waals surface area contributed by atoms with Gasteiger partial charge in [-0.05, 0) is 36.0 Å². The number of hydrogen-bond acceptors (Lipinski definition) is 3. The van der Waals surface area contributed by atoms with E-state index in [4.69, 9.17) is 5.11 Å². The average molecular weight is 285 g/mol. The van der Waals surface area contributed by atoms with Crippen molar-refractivity contribution in [1.29, 1.82) is 0 Å². The molecule has 2 N–H and O–H groups in total. The van der Waals surface area contributed by atoms with E-state index in [1.807, 2.05) is 12.1 Å². The van der Waals surface area contributed by atoms with Crippen LogP contribution >= 0.6 is 0 Å². The second-order valence-corrected chi connectivity index (χ2v) is 6.78. The van der Waals surface area contributed by atoms with E-state index in [1.165, 1.54) is 0 Å². The van der Waals surface area contributed by atoms with Crippen molar-refractivity contribution in [1.82, 2.24) is 4.72 Å². The molecule has 1 rings (SSSR count). The lowest BCUT2D eigenvalue weighted by Crippen LogP contribution is -2.29. The summed E-state index contributed by atoms with van der Waals surface area (Å²) in [7, 11) is -3.48. The van der Waals surface area contributed by atoms with Crippen molar-refractivity contribution in [3.05, 3.63) is 29.8 Å². The molecule has 0 aliphatic heterocycles. The lowest BCUT2D eigenvalue weighted by atomic mass is 9.99. The number of benzene rings is 1. The highest BCUT2D eigenvalue weighted by Gasteiger charge is 2.15. The molecule has 2 atom stereocenters. The van der Waals surface area contributed by atoms with Crippen molar-refractivity contribution in [3.8, 4) is 0 Å². The van der Waals surface area contributed by atoms with Gasteiger partial charge in [0.25, 0.3) is 0 Å². The van der Waals surface area contributed by atoms with Gasteiger partial charge in [0.05, 0.1) is 4.90 Å². The highest BCUT2D eigenvalue weighted by atomic mass is 32.2. The minimum atomic E-state index is -3.48. The van der Waals surface area contributed by atoms with Crippen LogP contribution in [0.3, 0.4) is 0 Å². The van der Waals surface area contributed by atoms with Gasteiger partial charge in [0.2, 0.25) is 10.0 Å². The molecule has 108 valence electrons. The summed E-state index contributed by atoms with van der Waals surface area (Å²) in [6.07, 6.45) is 1.03.